The number of aromatic nitrogens is 1. The third-order valence-electron chi connectivity index (χ3n) is 4.01. The largest absolute Gasteiger partial charge is 0.344 e. The van der Waals surface area contributed by atoms with Crippen molar-refractivity contribution in [1.29, 1.82) is 0 Å². The molecular weight excluding hydrogens is 274 g/mol. The van der Waals surface area contributed by atoms with Gasteiger partial charge < -0.3 is 4.57 Å². The molecule has 0 N–H and O–H groups in total. The minimum Gasteiger partial charge on any atom is -0.344 e. The molecule has 1 aromatic carbocycles. The van der Waals surface area contributed by atoms with Gasteiger partial charge in [-0.25, -0.2) is 0 Å². The van der Waals surface area contributed by atoms with Crippen LogP contribution in [0.15, 0.2) is 16.6 Å². The molecule has 0 atom stereocenters. The van der Waals surface area contributed by atoms with Gasteiger partial charge >= 0.3 is 0 Å². The summed E-state index contributed by atoms with van der Waals surface area (Å²) in [6, 6.07) is 4.57. The normalized spacial score (nSPS) is 15.2. The molecule has 2 heterocycles. The van der Waals surface area contributed by atoms with Gasteiger partial charge in [-0.3, -0.25) is 0 Å². The van der Waals surface area contributed by atoms with E-state index in [-0.39, 0.29) is 0 Å². The van der Waals surface area contributed by atoms with Crippen LogP contribution in [0.1, 0.15) is 36.6 Å². The van der Waals surface area contributed by atoms with E-state index in [1.165, 1.54) is 52.3 Å². The summed E-state index contributed by atoms with van der Waals surface area (Å²) in [5, 5.41) is 1.45. The monoisotopic (exact) mass is 291 g/mol. The lowest BCUT2D eigenvalue weighted by molar-refractivity contribution is 0.542. The lowest BCUT2D eigenvalue weighted by Gasteiger charge is -2.17. The molecule has 0 aliphatic carbocycles. The Hall–Kier alpha value is -0.760. The Balaban J connectivity index is 2.41. The third kappa shape index (κ3) is 1.65. The first-order chi connectivity index (χ1) is 8.22. The highest BCUT2D eigenvalue weighted by Gasteiger charge is 2.19. The second-order valence-electron chi connectivity index (χ2n) is 5.00. The van der Waals surface area contributed by atoms with E-state index >= 15 is 0 Å². The molecule has 0 unspecified atom stereocenters. The molecule has 1 aromatic heterocycles. The molecule has 1 aliphatic heterocycles. The first kappa shape index (κ1) is 11.3. The minimum atomic E-state index is 1.11. The number of hydrogen-bond donors (Lipinski definition) is 0. The lowest BCUT2D eigenvalue weighted by atomic mass is 10.1. The van der Waals surface area contributed by atoms with Crippen molar-refractivity contribution in [2.45, 2.75) is 46.1 Å². The van der Waals surface area contributed by atoms with Crippen molar-refractivity contribution in [1.82, 2.24) is 4.57 Å². The highest BCUT2D eigenvalue weighted by Crippen LogP contribution is 2.34. The van der Waals surface area contributed by atoms with Gasteiger partial charge in [0.25, 0.3) is 0 Å². The zero-order valence-electron chi connectivity index (χ0n) is 10.5. The highest BCUT2D eigenvalue weighted by atomic mass is 79.9. The Labute approximate surface area is 111 Å². The number of benzene rings is 1. The van der Waals surface area contributed by atoms with Gasteiger partial charge in [-0.15, -0.1) is 0 Å². The van der Waals surface area contributed by atoms with E-state index in [4.69, 9.17) is 0 Å². The molecule has 0 fully saturated rings. The van der Waals surface area contributed by atoms with Gasteiger partial charge in [0.05, 0.1) is 5.52 Å². The van der Waals surface area contributed by atoms with Crippen LogP contribution in [-0.2, 0) is 19.4 Å². The maximum Gasteiger partial charge on any atom is 0.0518 e. The minimum absolute atomic E-state index is 1.11. The van der Waals surface area contributed by atoms with Crippen molar-refractivity contribution >= 4 is 26.8 Å². The fourth-order valence-electron chi connectivity index (χ4n) is 3.15. The molecule has 0 saturated heterocycles. The van der Waals surface area contributed by atoms with Gasteiger partial charge in [-0.2, -0.15) is 0 Å². The SMILES string of the molecule is CCc1cc(Br)cc2c(C)c3n(c12)CCCC3. The van der Waals surface area contributed by atoms with Crippen LogP contribution in [0.5, 0.6) is 0 Å². The zero-order chi connectivity index (χ0) is 12.0. The summed E-state index contributed by atoms with van der Waals surface area (Å²) in [6.45, 7) is 5.74. The van der Waals surface area contributed by atoms with Crippen LogP contribution < -0.4 is 0 Å². The summed E-state index contributed by atoms with van der Waals surface area (Å²) < 4.78 is 3.78. The molecule has 0 radical (unpaired) electrons. The summed E-state index contributed by atoms with van der Waals surface area (Å²) in [5.74, 6) is 0. The molecule has 0 spiro atoms. The summed E-state index contributed by atoms with van der Waals surface area (Å²) in [4.78, 5) is 0. The van der Waals surface area contributed by atoms with Crippen LogP contribution >= 0.6 is 15.9 Å². The van der Waals surface area contributed by atoms with Crippen molar-refractivity contribution in [2.24, 2.45) is 0 Å². The molecular formula is C15H18BrN. The van der Waals surface area contributed by atoms with Gasteiger partial charge in [0, 0.05) is 22.1 Å². The summed E-state index contributed by atoms with van der Waals surface area (Å²) in [7, 11) is 0. The molecule has 0 saturated carbocycles. The molecule has 0 bridgehead atoms. The maximum absolute atomic E-state index is 3.64. The first-order valence-corrected chi connectivity index (χ1v) is 7.31. The number of nitrogens with zero attached hydrogens (tertiary/aromatic N) is 1. The van der Waals surface area contributed by atoms with E-state index in [0.29, 0.717) is 0 Å². The molecule has 2 heteroatoms. The molecule has 17 heavy (non-hydrogen) atoms. The van der Waals surface area contributed by atoms with E-state index in [0.717, 1.165) is 6.42 Å². The fraction of sp³-hybridized carbons (Fsp3) is 0.467. The molecule has 90 valence electrons. The second kappa shape index (κ2) is 4.16. The van der Waals surface area contributed by atoms with Crippen molar-refractivity contribution in [3.8, 4) is 0 Å². The fourth-order valence-corrected chi connectivity index (χ4v) is 3.66. The van der Waals surface area contributed by atoms with E-state index < -0.39 is 0 Å². The zero-order valence-corrected chi connectivity index (χ0v) is 12.1. The number of hydrogen-bond acceptors (Lipinski definition) is 0. The van der Waals surface area contributed by atoms with Gasteiger partial charge in [0.15, 0.2) is 0 Å². The average Bonchev–Trinajstić information content (AvgIpc) is 2.63. The highest BCUT2D eigenvalue weighted by molar-refractivity contribution is 9.10. The van der Waals surface area contributed by atoms with Gasteiger partial charge in [0.1, 0.15) is 0 Å². The van der Waals surface area contributed by atoms with Crippen molar-refractivity contribution in [2.75, 3.05) is 0 Å². The number of rotatable bonds is 1. The van der Waals surface area contributed by atoms with Gasteiger partial charge in [0.2, 0.25) is 0 Å². The molecule has 1 aliphatic rings. The van der Waals surface area contributed by atoms with Crippen LogP contribution in [0.4, 0.5) is 0 Å². The van der Waals surface area contributed by atoms with Crippen molar-refractivity contribution in [3.05, 3.63) is 33.4 Å². The first-order valence-electron chi connectivity index (χ1n) is 6.52. The predicted molar refractivity (Wildman–Crippen MR) is 76.7 cm³/mol. The molecule has 0 amide bonds. The summed E-state index contributed by atoms with van der Waals surface area (Å²) in [6.07, 6.45) is 5.04. The van der Waals surface area contributed by atoms with Crippen LogP contribution in [0, 0.1) is 6.92 Å². The van der Waals surface area contributed by atoms with E-state index in [9.17, 15) is 0 Å². The molecule has 2 aromatic rings. The summed E-state index contributed by atoms with van der Waals surface area (Å²) >= 11 is 3.64. The van der Waals surface area contributed by atoms with E-state index in [2.05, 4.69) is 46.5 Å². The average molecular weight is 292 g/mol. The quantitative estimate of drug-likeness (QED) is 0.723. The lowest BCUT2D eigenvalue weighted by Crippen LogP contribution is -2.10. The second-order valence-corrected chi connectivity index (χ2v) is 5.91. The Morgan fingerprint density at radius 1 is 1.29 bits per heavy atom. The Kier molecular flexibility index (Phi) is 2.78. The summed E-state index contributed by atoms with van der Waals surface area (Å²) in [5.41, 5.74) is 6.03. The maximum atomic E-state index is 3.64. The number of aryl methyl sites for hydroxylation is 3. The number of fused-ring (bicyclic) bond motifs is 3. The van der Waals surface area contributed by atoms with E-state index in [1.807, 2.05) is 0 Å². The topological polar surface area (TPSA) is 4.93 Å². The Bertz CT molecular complexity index is 580. The van der Waals surface area contributed by atoms with Crippen LogP contribution in [0.3, 0.4) is 0 Å². The molecule has 3 rings (SSSR count). The Morgan fingerprint density at radius 3 is 2.88 bits per heavy atom. The predicted octanol–water partition coefficient (Wildman–Crippen LogP) is 4.61. The smallest absolute Gasteiger partial charge is 0.0518 e. The van der Waals surface area contributed by atoms with Crippen molar-refractivity contribution in [3.63, 3.8) is 0 Å². The van der Waals surface area contributed by atoms with Crippen molar-refractivity contribution < 1.29 is 0 Å². The Morgan fingerprint density at radius 2 is 2.12 bits per heavy atom. The van der Waals surface area contributed by atoms with Crippen LogP contribution in [0.2, 0.25) is 0 Å². The molecule has 1 nitrogen and oxygen atoms in total. The van der Waals surface area contributed by atoms with E-state index in [1.54, 1.807) is 5.69 Å². The number of halogens is 1. The standard InChI is InChI=1S/C15H18BrN/c1-3-11-8-12(16)9-13-10(2)14-6-4-5-7-17(14)15(11)13/h8-9H,3-7H2,1-2H3. The van der Waals surface area contributed by atoms with Crippen LogP contribution in [0.25, 0.3) is 10.9 Å². The van der Waals surface area contributed by atoms with Gasteiger partial charge in [-0.05, 0) is 55.9 Å². The van der Waals surface area contributed by atoms with Gasteiger partial charge in [-0.1, -0.05) is 22.9 Å². The third-order valence-corrected chi connectivity index (χ3v) is 4.47. The van der Waals surface area contributed by atoms with Crippen LogP contribution in [-0.4, -0.2) is 4.57 Å².